The molecular formula is C21H20ClN5O4. The third kappa shape index (κ3) is 3.98. The number of pyridine rings is 1. The predicted molar refractivity (Wildman–Crippen MR) is 110 cm³/mol. The number of aromatic nitrogens is 4. The first-order valence-electron chi connectivity index (χ1n) is 9.94. The maximum absolute atomic E-state index is 12.4. The van der Waals surface area contributed by atoms with Crippen molar-refractivity contribution in [3.63, 3.8) is 0 Å². The molecule has 1 aliphatic carbocycles. The van der Waals surface area contributed by atoms with Crippen LogP contribution < -0.4 is 10.1 Å². The van der Waals surface area contributed by atoms with Crippen LogP contribution in [0.4, 0.5) is 0 Å². The van der Waals surface area contributed by atoms with Crippen LogP contribution >= 0.6 is 11.6 Å². The molecule has 1 amide bonds. The van der Waals surface area contributed by atoms with Crippen molar-refractivity contribution in [2.45, 2.75) is 32.4 Å². The number of ether oxygens (including phenoxy) is 2. The summed E-state index contributed by atoms with van der Waals surface area (Å²) in [6.07, 6.45) is 3.53. The molecule has 0 aromatic carbocycles. The minimum atomic E-state index is -0.230. The zero-order valence-electron chi connectivity index (χ0n) is 16.8. The van der Waals surface area contributed by atoms with Crippen LogP contribution in [-0.2, 0) is 11.3 Å². The van der Waals surface area contributed by atoms with E-state index in [0.29, 0.717) is 27.9 Å². The van der Waals surface area contributed by atoms with Gasteiger partial charge in [-0.25, -0.2) is 4.98 Å². The number of amides is 1. The lowest BCUT2D eigenvalue weighted by Gasteiger charge is -2.53. The van der Waals surface area contributed by atoms with Crippen molar-refractivity contribution >= 4 is 17.5 Å². The standard InChI is InChI=1S/C21H20ClN5O4/c1-12-15(19(27-31-12)13-2-4-17(22)23-8-13)9-30-18-5-3-16(25-26-18)20(28)24-14-6-21(7-14)10-29-11-21/h2-5,8,14H,6-7,9-11H2,1H3,(H,24,28). The highest BCUT2D eigenvalue weighted by atomic mass is 35.5. The molecule has 1 spiro atoms. The van der Waals surface area contributed by atoms with Gasteiger partial charge in [-0.1, -0.05) is 16.8 Å². The molecule has 0 unspecified atom stereocenters. The van der Waals surface area contributed by atoms with Gasteiger partial charge in [0, 0.05) is 29.3 Å². The summed E-state index contributed by atoms with van der Waals surface area (Å²) in [6, 6.07) is 6.89. The van der Waals surface area contributed by atoms with Gasteiger partial charge in [0.25, 0.3) is 5.91 Å². The van der Waals surface area contributed by atoms with Crippen molar-refractivity contribution in [2.24, 2.45) is 5.41 Å². The minimum absolute atomic E-state index is 0.173. The minimum Gasteiger partial charge on any atom is -0.472 e. The highest BCUT2D eigenvalue weighted by Gasteiger charge is 2.50. The van der Waals surface area contributed by atoms with Crippen molar-refractivity contribution in [3.8, 4) is 17.1 Å². The number of aryl methyl sites for hydroxylation is 1. The Balaban J connectivity index is 1.19. The monoisotopic (exact) mass is 441 g/mol. The van der Waals surface area contributed by atoms with Gasteiger partial charge in [-0.05, 0) is 38.0 Å². The van der Waals surface area contributed by atoms with Crippen molar-refractivity contribution in [1.82, 2.24) is 25.7 Å². The van der Waals surface area contributed by atoms with E-state index in [-0.39, 0.29) is 24.2 Å². The van der Waals surface area contributed by atoms with Crippen LogP contribution in [0.2, 0.25) is 5.15 Å². The molecule has 0 radical (unpaired) electrons. The van der Waals surface area contributed by atoms with Crippen molar-refractivity contribution < 1.29 is 18.8 Å². The SMILES string of the molecule is Cc1onc(-c2ccc(Cl)nc2)c1COc1ccc(C(=O)NC2CC3(COC3)C2)nn1. The van der Waals surface area contributed by atoms with Crippen LogP contribution in [-0.4, -0.2) is 45.5 Å². The molecule has 2 aliphatic rings. The summed E-state index contributed by atoms with van der Waals surface area (Å²) in [5, 5.41) is 15.5. The second-order valence-electron chi connectivity index (χ2n) is 8.05. The number of carbonyl (C=O) groups is 1. The van der Waals surface area contributed by atoms with Crippen LogP contribution in [0.3, 0.4) is 0 Å². The Kier molecular flexibility index (Phi) is 5.07. The summed E-state index contributed by atoms with van der Waals surface area (Å²) in [5.41, 5.74) is 2.71. The summed E-state index contributed by atoms with van der Waals surface area (Å²) in [4.78, 5) is 16.4. The summed E-state index contributed by atoms with van der Waals surface area (Å²) in [6.45, 7) is 3.58. The van der Waals surface area contributed by atoms with E-state index >= 15 is 0 Å². The molecule has 4 heterocycles. The molecule has 1 N–H and O–H groups in total. The van der Waals surface area contributed by atoms with Crippen molar-refractivity contribution in [3.05, 3.63) is 52.6 Å². The fourth-order valence-corrected chi connectivity index (χ4v) is 4.05. The van der Waals surface area contributed by atoms with E-state index in [1.165, 1.54) is 0 Å². The molecule has 1 saturated heterocycles. The van der Waals surface area contributed by atoms with Crippen LogP contribution in [0.25, 0.3) is 11.3 Å². The second kappa shape index (κ2) is 7.90. The van der Waals surface area contributed by atoms with Gasteiger partial charge in [0.2, 0.25) is 5.88 Å². The molecule has 0 atom stereocenters. The highest BCUT2D eigenvalue weighted by Crippen LogP contribution is 2.46. The van der Waals surface area contributed by atoms with Crippen LogP contribution in [0.1, 0.15) is 34.7 Å². The first kappa shape index (κ1) is 19.9. The molecular weight excluding hydrogens is 422 g/mol. The van der Waals surface area contributed by atoms with E-state index in [1.807, 2.05) is 6.07 Å². The largest absolute Gasteiger partial charge is 0.472 e. The van der Waals surface area contributed by atoms with Gasteiger partial charge in [0.15, 0.2) is 5.69 Å². The van der Waals surface area contributed by atoms with Crippen molar-refractivity contribution in [2.75, 3.05) is 13.2 Å². The lowest BCUT2D eigenvalue weighted by molar-refractivity contribution is -0.165. The number of carbonyl (C=O) groups excluding carboxylic acids is 1. The number of nitrogens with one attached hydrogen (secondary N) is 1. The van der Waals surface area contributed by atoms with Crippen LogP contribution in [0, 0.1) is 12.3 Å². The second-order valence-corrected chi connectivity index (χ2v) is 8.44. The Hall–Kier alpha value is -3.04. The molecule has 0 bridgehead atoms. The fourth-order valence-electron chi connectivity index (χ4n) is 3.94. The first-order chi connectivity index (χ1) is 15.0. The molecule has 31 heavy (non-hydrogen) atoms. The van der Waals surface area contributed by atoms with Gasteiger partial charge in [0.05, 0.1) is 18.8 Å². The lowest BCUT2D eigenvalue weighted by atomic mass is 9.64. The molecule has 160 valence electrons. The highest BCUT2D eigenvalue weighted by molar-refractivity contribution is 6.29. The zero-order valence-corrected chi connectivity index (χ0v) is 17.6. The molecule has 2 fully saturated rings. The Labute approximate surface area is 183 Å². The normalized spacial score (nSPS) is 17.1. The third-order valence-electron chi connectivity index (χ3n) is 5.73. The Bertz CT molecular complexity index is 1090. The molecule has 10 heteroatoms. The number of rotatable bonds is 6. The van der Waals surface area contributed by atoms with E-state index in [2.05, 4.69) is 25.7 Å². The van der Waals surface area contributed by atoms with Crippen LogP contribution in [0.5, 0.6) is 5.88 Å². The van der Waals surface area contributed by atoms with E-state index in [9.17, 15) is 4.79 Å². The quantitative estimate of drug-likeness (QED) is 0.581. The average Bonchev–Trinajstić information content (AvgIpc) is 3.08. The van der Waals surface area contributed by atoms with Crippen molar-refractivity contribution in [1.29, 1.82) is 0 Å². The van der Waals surface area contributed by atoms with E-state index < -0.39 is 0 Å². The van der Waals surface area contributed by atoms with Gasteiger partial charge >= 0.3 is 0 Å². The Morgan fingerprint density at radius 3 is 2.74 bits per heavy atom. The topological polar surface area (TPSA) is 112 Å². The summed E-state index contributed by atoms with van der Waals surface area (Å²) in [5.74, 6) is 0.696. The zero-order chi connectivity index (χ0) is 21.4. The summed E-state index contributed by atoms with van der Waals surface area (Å²) >= 11 is 5.85. The number of hydrogen-bond acceptors (Lipinski definition) is 8. The lowest BCUT2D eigenvalue weighted by Crippen LogP contribution is -2.59. The van der Waals surface area contributed by atoms with E-state index in [1.54, 1.807) is 31.3 Å². The Morgan fingerprint density at radius 1 is 1.26 bits per heavy atom. The number of hydrogen-bond donors (Lipinski definition) is 1. The molecule has 1 aliphatic heterocycles. The predicted octanol–water partition coefficient (Wildman–Crippen LogP) is 2.98. The van der Waals surface area contributed by atoms with E-state index in [0.717, 1.165) is 37.2 Å². The molecule has 9 nitrogen and oxygen atoms in total. The Morgan fingerprint density at radius 2 is 2.10 bits per heavy atom. The maximum atomic E-state index is 12.4. The van der Waals surface area contributed by atoms with Gasteiger partial charge in [-0.15, -0.1) is 10.2 Å². The summed E-state index contributed by atoms with van der Waals surface area (Å²) < 4.78 is 16.3. The molecule has 5 rings (SSSR count). The maximum Gasteiger partial charge on any atom is 0.272 e. The summed E-state index contributed by atoms with van der Waals surface area (Å²) in [7, 11) is 0. The van der Waals surface area contributed by atoms with Gasteiger partial charge in [0.1, 0.15) is 23.2 Å². The van der Waals surface area contributed by atoms with Crippen LogP contribution in [0.15, 0.2) is 35.0 Å². The molecule has 3 aromatic rings. The fraction of sp³-hybridized carbons (Fsp3) is 0.381. The third-order valence-corrected chi connectivity index (χ3v) is 5.96. The van der Waals surface area contributed by atoms with Gasteiger partial charge in [-0.2, -0.15) is 0 Å². The number of halogens is 1. The number of nitrogens with zero attached hydrogens (tertiary/aromatic N) is 4. The molecule has 1 saturated carbocycles. The average molecular weight is 442 g/mol. The molecule has 3 aromatic heterocycles. The van der Waals surface area contributed by atoms with Gasteiger partial charge in [-0.3, -0.25) is 4.79 Å². The first-order valence-corrected chi connectivity index (χ1v) is 10.3. The van der Waals surface area contributed by atoms with E-state index in [4.69, 9.17) is 25.6 Å². The van der Waals surface area contributed by atoms with Gasteiger partial charge < -0.3 is 19.3 Å². The smallest absolute Gasteiger partial charge is 0.272 e.